The Kier molecular flexibility index (Phi) is 6.68. The fraction of sp³-hybridized carbons (Fsp3) is 0.647. The monoisotopic (exact) mass is 368 g/mol. The first-order chi connectivity index (χ1) is 10.6. The zero-order valence-electron chi connectivity index (χ0n) is 13.2. The van der Waals surface area contributed by atoms with Crippen molar-refractivity contribution in [2.45, 2.75) is 64.2 Å². The third kappa shape index (κ3) is 4.45. The molecule has 0 saturated carbocycles. The molecule has 0 fully saturated rings. The van der Waals surface area contributed by atoms with Crippen molar-refractivity contribution in [3.05, 3.63) is 21.8 Å². The Balaban J connectivity index is 2.09. The summed E-state index contributed by atoms with van der Waals surface area (Å²) in [4.78, 5) is 16.3. The first-order valence-electron chi connectivity index (χ1n) is 8.29. The zero-order chi connectivity index (χ0) is 15.9. The van der Waals surface area contributed by atoms with Gasteiger partial charge in [-0.25, -0.2) is 4.98 Å². The number of halogens is 1. The standard InChI is InChI=1S/C17H25BrN2O2/c1-2-3-4-5-6-9-13(17(21)22)15-14(18)11-12-8-7-10-19-16(12)20-15/h11,13H,2-10H2,1H3,(H,19,20)(H,21,22). The van der Waals surface area contributed by atoms with E-state index in [0.717, 1.165) is 42.5 Å². The molecule has 1 unspecified atom stereocenters. The maximum absolute atomic E-state index is 11.7. The summed E-state index contributed by atoms with van der Waals surface area (Å²) in [6.45, 7) is 3.09. The Morgan fingerprint density at radius 2 is 2.18 bits per heavy atom. The fourth-order valence-corrected chi connectivity index (χ4v) is 3.59. The lowest BCUT2D eigenvalue weighted by atomic mass is 9.95. The van der Waals surface area contributed by atoms with Gasteiger partial charge in [-0.1, -0.05) is 39.0 Å². The van der Waals surface area contributed by atoms with Crippen LogP contribution in [0.15, 0.2) is 10.5 Å². The van der Waals surface area contributed by atoms with Crippen molar-refractivity contribution >= 4 is 27.7 Å². The number of rotatable bonds is 8. The number of unbranched alkanes of at least 4 members (excludes halogenated alkanes) is 4. The van der Waals surface area contributed by atoms with Crippen molar-refractivity contribution in [2.24, 2.45) is 0 Å². The van der Waals surface area contributed by atoms with Gasteiger partial charge in [-0.2, -0.15) is 0 Å². The summed E-state index contributed by atoms with van der Waals surface area (Å²) in [6, 6.07) is 2.04. The maximum Gasteiger partial charge on any atom is 0.312 e. The number of nitrogens with one attached hydrogen (secondary N) is 1. The van der Waals surface area contributed by atoms with Crippen LogP contribution in [-0.2, 0) is 11.2 Å². The molecule has 122 valence electrons. The summed E-state index contributed by atoms with van der Waals surface area (Å²) in [5, 5.41) is 12.9. The number of hydrogen-bond acceptors (Lipinski definition) is 3. The number of nitrogens with zero attached hydrogens (tertiary/aromatic N) is 1. The second kappa shape index (κ2) is 8.51. The summed E-state index contributed by atoms with van der Waals surface area (Å²) in [5.41, 5.74) is 1.84. The maximum atomic E-state index is 11.7. The molecular weight excluding hydrogens is 344 g/mol. The molecule has 0 aromatic carbocycles. The van der Waals surface area contributed by atoms with Crippen LogP contribution in [0.5, 0.6) is 0 Å². The van der Waals surface area contributed by atoms with Crippen molar-refractivity contribution < 1.29 is 9.90 Å². The molecule has 0 spiro atoms. The molecule has 5 heteroatoms. The Morgan fingerprint density at radius 1 is 1.41 bits per heavy atom. The number of fused-ring (bicyclic) bond motifs is 1. The van der Waals surface area contributed by atoms with Crippen LogP contribution in [-0.4, -0.2) is 22.6 Å². The molecule has 0 amide bonds. The van der Waals surface area contributed by atoms with E-state index in [2.05, 4.69) is 33.2 Å². The highest BCUT2D eigenvalue weighted by atomic mass is 79.9. The molecule has 2 rings (SSSR count). The van der Waals surface area contributed by atoms with Gasteiger partial charge < -0.3 is 10.4 Å². The lowest BCUT2D eigenvalue weighted by molar-refractivity contribution is -0.139. The molecule has 2 N–H and O–H groups in total. The van der Waals surface area contributed by atoms with Crippen molar-refractivity contribution in [1.29, 1.82) is 0 Å². The highest BCUT2D eigenvalue weighted by molar-refractivity contribution is 9.10. The molecular formula is C17H25BrN2O2. The van der Waals surface area contributed by atoms with Gasteiger partial charge in [0.15, 0.2) is 0 Å². The van der Waals surface area contributed by atoms with Crippen molar-refractivity contribution in [3.8, 4) is 0 Å². The van der Waals surface area contributed by atoms with E-state index in [1.165, 1.54) is 24.8 Å². The third-order valence-corrected chi connectivity index (χ3v) is 4.86. The fourth-order valence-electron chi connectivity index (χ4n) is 2.94. The Bertz CT molecular complexity index is 520. The summed E-state index contributed by atoms with van der Waals surface area (Å²) >= 11 is 3.52. The van der Waals surface area contributed by atoms with Crippen LogP contribution < -0.4 is 5.32 Å². The average Bonchev–Trinajstić information content (AvgIpc) is 2.50. The van der Waals surface area contributed by atoms with Crippen LogP contribution in [0.25, 0.3) is 0 Å². The normalized spacial score (nSPS) is 15.0. The molecule has 1 aliphatic heterocycles. The van der Waals surface area contributed by atoms with E-state index in [4.69, 9.17) is 0 Å². The van der Waals surface area contributed by atoms with Crippen LogP contribution in [0.2, 0.25) is 0 Å². The molecule has 4 nitrogen and oxygen atoms in total. The van der Waals surface area contributed by atoms with Gasteiger partial charge in [0, 0.05) is 11.0 Å². The number of aliphatic carboxylic acids is 1. The number of carbonyl (C=O) groups is 1. The molecule has 1 aromatic rings. The van der Waals surface area contributed by atoms with Gasteiger partial charge in [-0.3, -0.25) is 4.79 Å². The van der Waals surface area contributed by atoms with Crippen molar-refractivity contribution in [3.63, 3.8) is 0 Å². The number of aromatic nitrogens is 1. The van der Waals surface area contributed by atoms with E-state index in [9.17, 15) is 9.90 Å². The minimum Gasteiger partial charge on any atom is -0.481 e. The van der Waals surface area contributed by atoms with Crippen molar-refractivity contribution in [2.75, 3.05) is 11.9 Å². The van der Waals surface area contributed by atoms with Gasteiger partial charge in [-0.15, -0.1) is 0 Å². The number of aryl methyl sites for hydroxylation is 1. The van der Waals surface area contributed by atoms with E-state index in [-0.39, 0.29) is 0 Å². The van der Waals surface area contributed by atoms with E-state index < -0.39 is 11.9 Å². The van der Waals surface area contributed by atoms with E-state index in [1.54, 1.807) is 0 Å². The zero-order valence-corrected chi connectivity index (χ0v) is 14.8. The Labute approximate surface area is 140 Å². The topological polar surface area (TPSA) is 62.2 Å². The third-order valence-electron chi connectivity index (χ3n) is 4.22. The summed E-state index contributed by atoms with van der Waals surface area (Å²) in [6.07, 6.45) is 8.40. The number of pyridine rings is 1. The van der Waals surface area contributed by atoms with Crippen LogP contribution in [0.3, 0.4) is 0 Å². The predicted molar refractivity (Wildman–Crippen MR) is 92.5 cm³/mol. The van der Waals surface area contributed by atoms with Crippen LogP contribution in [0.1, 0.15) is 69.0 Å². The Hall–Kier alpha value is -1.10. The van der Waals surface area contributed by atoms with Gasteiger partial charge in [0.05, 0.1) is 5.69 Å². The number of carboxylic acid groups (broad SMARTS) is 1. The molecule has 0 radical (unpaired) electrons. The minimum absolute atomic E-state index is 0.523. The van der Waals surface area contributed by atoms with Gasteiger partial charge in [0.1, 0.15) is 11.7 Å². The SMILES string of the molecule is CCCCCCCC(C(=O)O)c1nc2c(cc1Br)CCCN2. The van der Waals surface area contributed by atoms with E-state index in [0.29, 0.717) is 12.1 Å². The minimum atomic E-state index is -0.778. The number of carboxylic acids is 1. The number of hydrogen-bond donors (Lipinski definition) is 2. The van der Waals surface area contributed by atoms with Gasteiger partial charge >= 0.3 is 5.97 Å². The second-order valence-corrected chi connectivity index (χ2v) is 6.84. The van der Waals surface area contributed by atoms with E-state index in [1.807, 2.05) is 6.07 Å². The van der Waals surface area contributed by atoms with Crippen molar-refractivity contribution in [1.82, 2.24) is 4.98 Å². The second-order valence-electron chi connectivity index (χ2n) is 5.99. The van der Waals surface area contributed by atoms with Gasteiger partial charge in [0.2, 0.25) is 0 Å². The molecule has 1 aromatic heterocycles. The lowest BCUT2D eigenvalue weighted by Gasteiger charge is -2.21. The highest BCUT2D eigenvalue weighted by Gasteiger charge is 2.25. The predicted octanol–water partition coefficient (Wildman–Crippen LogP) is 4.73. The average molecular weight is 369 g/mol. The molecule has 22 heavy (non-hydrogen) atoms. The first kappa shape index (κ1) is 17.3. The molecule has 0 saturated heterocycles. The molecule has 2 heterocycles. The summed E-state index contributed by atoms with van der Waals surface area (Å²) in [7, 11) is 0. The van der Waals surface area contributed by atoms with Crippen LogP contribution in [0, 0.1) is 0 Å². The van der Waals surface area contributed by atoms with E-state index >= 15 is 0 Å². The molecule has 0 bridgehead atoms. The first-order valence-corrected chi connectivity index (χ1v) is 9.08. The van der Waals surface area contributed by atoms with Crippen LogP contribution >= 0.6 is 15.9 Å². The molecule has 0 aliphatic carbocycles. The Morgan fingerprint density at radius 3 is 2.91 bits per heavy atom. The van der Waals surface area contributed by atoms with Gasteiger partial charge in [-0.05, 0) is 46.8 Å². The lowest BCUT2D eigenvalue weighted by Crippen LogP contribution is -2.18. The molecule has 1 aliphatic rings. The number of anilines is 1. The summed E-state index contributed by atoms with van der Waals surface area (Å²) < 4.78 is 0.830. The molecule has 1 atom stereocenters. The smallest absolute Gasteiger partial charge is 0.312 e. The van der Waals surface area contributed by atoms with Crippen LogP contribution in [0.4, 0.5) is 5.82 Å². The summed E-state index contributed by atoms with van der Waals surface area (Å²) in [5.74, 6) is -0.439. The highest BCUT2D eigenvalue weighted by Crippen LogP contribution is 2.32. The quantitative estimate of drug-likeness (QED) is 0.651. The largest absolute Gasteiger partial charge is 0.481 e. The van der Waals surface area contributed by atoms with Gasteiger partial charge in [0.25, 0.3) is 0 Å².